The molecule has 1 atom stereocenters. The van der Waals surface area contributed by atoms with Gasteiger partial charge in [0, 0.05) is 29.4 Å². The molecule has 1 spiro atoms. The molecule has 1 aromatic rings. The Hall–Kier alpha value is -2.26. The maximum atomic E-state index is 12.6. The summed E-state index contributed by atoms with van der Waals surface area (Å²) in [7, 11) is 0. The van der Waals surface area contributed by atoms with Crippen LogP contribution in [0.1, 0.15) is 38.5 Å². The van der Waals surface area contributed by atoms with Crippen molar-refractivity contribution in [3.05, 3.63) is 23.2 Å². The molecule has 1 aliphatic carbocycles. The molecule has 0 unspecified atom stereocenters. The smallest absolute Gasteiger partial charge is 0.325 e. The molecule has 10 heteroatoms. The van der Waals surface area contributed by atoms with Gasteiger partial charge in [-0.2, -0.15) is 0 Å². The minimum atomic E-state index is -0.702. The van der Waals surface area contributed by atoms with Gasteiger partial charge in [-0.1, -0.05) is 24.4 Å². The Morgan fingerprint density at radius 3 is 2.80 bits per heavy atom. The third-order valence-electron chi connectivity index (χ3n) is 5.72. The summed E-state index contributed by atoms with van der Waals surface area (Å²) in [5.41, 5.74) is -0.0466. The predicted octanol–water partition coefficient (Wildman–Crippen LogP) is 2.51. The number of nitrogens with zero attached hydrogens (tertiary/aromatic N) is 1. The lowest BCUT2D eigenvalue weighted by Crippen LogP contribution is -2.44. The molecule has 160 valence electrons. The minimum Gasteiger partial charge on any atom is -0.356 e. The third-order valence-corrected chi connectivity index (χ3v) is 7.23. The number of urea groups is 1. The van der Waals surface area contributed by atoms with Crippen LogP contribution in [0.4, 0.5) is 10.5 Å². The normalized spacial score (nSPS) is 22.1. The highest BCUT2D eigenvalue weighted by Crippen LogP contribution is 2.38. The number of amides is 5. The zero-order valence-electron chi connectivity index (χ0n) is 16.3. The van der Waals surface area contributed by atoms with E-state index in [1.54, 1.807) is 12.1 Å². The van der Waals surface area contributed by atoms with Crippen molar-refractivity contribution in [3.8, 4) is 0 Å². The first-order chi connectivity index (χ1) is 14.4. The van der Waals surface area contributed by atoms with Crippen molar-refractivity contribution in [1.29, 1.82) is 0 Å². The van der Waals surface area contributed by atoms with Crippen molar-refractivity contribution in [2.75, 3.05) is 18.4 Å². The van der Waals surface area contributed by atoms with Crippen molar-refractivity contribution >= 4 is 52.8 Å². The highest BCUT2D eigenvalue weighted by atomic mass is 35.5. The lowest BCUT2D eigenvalue weighted by molar-refractivity contribution is -0.131. The molecule has 3 N–H and O–H groups in total. The maximum Gasteiger partial charge on any atom is 0.325 e. The van der Waals surface area contributed by atoms with E-state index in [2.05, 4.69) is 16.0 Å². The molecule has 1 aromatic carbocycles. The van der Waals surface area contributed by atoms with E-state index in [4.69, 9.17) is 11.6 Å². The molecule has 1 saturated carbocycles. The Bertz CT molecular complexity index is 903. The lowest BCUT2D eigenvalue weighted by atomic mass is 9.98. The van der Waals surface area contributed by atoms with Crippen LogP contribution in [0.25, 0.3) is 0 Å². The van der Waals surface area contributed by atoms with Crippen LogP contribution in [-0.2, 0) is 14.4 Å². The fraction of sp³-hybridized carbons (Fsp3) is 0.500. The Morgan fingerprint density at radius 2 is 2.03 bits per heavy atom. The van der Waals surface area contributed by atoms with Gasteiger partial charge in [0.25, 0.3) is 5.91 Å². The number of fused-ring (bicyclic) bond motifs is 1. The SMILES string of the molecule is O=C(C[C@H]1Sc2ccc(Cl)cc2NC1=O)NCCCN1C(=O)NC2(CCCC2)C1=O. The molecule has 30 heavy (non-hydrogen) atoms. The summed E-state index contributed by atoms with van der Waals surface area (Å²) in [5, 5.41) is 8.42. The molecule has 1 saturated heterocycles. The minimum absolute atomic E-state index is 0.0464. The van der Waals surface area contributed by atoms with Crippen LogP contribution in [0.15, 0.2) is 23.1 Å². The van der Waals surface area contributed by atoms with Crippen molar-refractivity contribution < 1.29 is 19.2 Å². The zero-order chi connectivity index (χ0) is 21.3. The van der Waals surface area contributed by atoms with Crippen molar-refractivity contribution in [3.63, 3.8) is 0 Å². The number of hydrogen-bond acceptors (Lipinski definition) is 5. The first-order valence-corrected chi connectivity index (χ1v) is 11.3. The Morgan fingerprint density at radius 1 is 1.27 bits per heavy atom. The summed E-state index contributed by atoms with van der Waals surface area (Å²) in [5.74, 6) is -0.624. The molecule has 2 aliphatic heterocycles. The summed E-state index contributed by atoms with van der Waals surface area (Å²) < 4.78 is 0. The van der Waals surface area contributed by atoms with E-state index in [1.807, 2.05) is 6.07 Å². The molecule has 2 heterocycles. The van der Waals surface area contributed by atoms with Crippen LogP contribution in [0.2, 0.25) is 5.02 Å². The number of rotatable bonds is 6. The topological polar surface area (TPSA) is 108 Å². The zero-order valence-corrected chi connectivity index (χ0v) is 17.9. The van der Waals surface area contributed by atoms with Gasteiger partial charge >= 0.3 is 6.03 Å². The van der Waals surface area contributed by atoms with Crippen LogP contribution in [0.3, 0.4) is 0 Å². The van der Waals surface area contributed by atoms with Gasteiger partial charge in [-0.05, 0) is 37.5 Å². The Balaban J connectivity index is 1.22. The fourth-order valence-corrected chi connectivity index (χ4v) is 5.42. The Labute approximate surface area is 183 Å². The van der Waals surface area contributed by atoms with Crippen LogP contribution >= 0.6 is 23.4 Å². The van der Waals surface area contributed by atoms with Gasteiger partial charge in [-0.25, -0.2) is 4.79 Å². The molecule has 0 aromatic heterocycles. The van der Waals surface area contributed by atoms with E-state index in [0.717, 1.165) is 17.7 Å². The van der Waals surface area contributed by atoms with Gasteiger partial charge in [0.1, 0.15) is 5.54 Å². The maximum absolute atomic E-state index is 12.6. The van der Waals surface area contributed by atoms with Gasteiger partial charge in [-0.3, -0.25) is 19.3 Å². The van der Waals surface area contributed by atoms with E-state index in [-0.39, 0.29) is 36.7 Å². The van der Waals surface area contributed by atoms with Crippen LogP contribution < -0.4 is 16.0 Å². The number of carbonyl (C=O) groups is 4. The van der Waals surface area contributed by atoms with Gasteiger partial charge in [0.15, 0.2) is 0 Å². The largest absolute Gasteiger partial charge is 0.356 e. The van der Waals surface area contributed by atoms with Crippen molar-refractivity contribution in [1.82, 2.24) is 15.5 Å². The number of benzene rings is 1. The number of halogens is 1. The first-order valence-electron chi connectivity index (χ1n) is 10.1. The third kappa shape index (κ3) is 4.13. The van der Waals surface area contributed by atoms with E-state index < -0.39 is 10.8 Å². The van der Waals surface area contributed by atoms with E-state index in [1.165, 1.54) is 16.7 Å². The van der Waals surface area contributed by atoms with Crippen molar-refractivity contribution in [2.45, 2.75) is 54.2 Å². The van der Waals surface area contributed by atoms with Crippen LogP contribution in [0, 0.1) is 0 Å². The second kappa shape index (κ2) is 8.47. The molecule has 8 nitrogen and oxygen atoms in total. The molecule has 5 amide bonds. The number of hydrogen-bond donors (Lipinski definition) is 3. The highest BCUT2D eigenvalue weighted by molar-refractivity contribution is 8.01. The summed E-state index contributed by atoms with van der Waals surface area (Å²) in [6, 6.07) is 4.90. The molecule has 3 aliphatic rings. The number of anilines is 1. The van der Waals surface area contributed by atoms with Gasteiger partial charge in [0.2, 0.25) is 11.8 Å². The molecule has 0 bridgehead atoms. The van der Waals surface area contributed by atoms with E-state index >= 15 is 0 Å². The Kier molecular flexibility index (Phi) is 5.92. The van der Waals surface area contributed by atoms with Crippen LogP contribution in [-0.4, -0.2) is 52.5 Å². The van der Waals surface area contributed by atoms with E-state index in [9.17, 15) is 19.2 Å². The monoisotopic (exact) mass is 450 g/mol. The second-order valence-corrected chi connectivity index (χ2v) is 9.50. The number of nitrogens with one attached hydrogen (secondary N) is 3. The van der Waals surface area contributed by atoms with Gasteiger partial charge in [-0.15, -0.1) is 11.8 Å². The average Bonchev–Trinajstić information content (AvgIpc) is 3.26. The second-order valence-electron chi connectivity index (χ2n) is 7.82. The van der Waals surface area contributed by atoms with E-state index in [0.29, 0.717) is 36.5 Å². The fourth-order valence-electron chi connectivity index (χ4n) is 4.16. The highest BCUT2D eigenvalue weighted by Gasteiger charge is 2.52. The summed E-state index contributed by atoms with van der Waals surface area (Å²) in [6.45, 7) is 0.591. The number of carbonyl (C=O) groups excluding carboxylic acids is 4. The quantitative estimate of drug-likeness (QED) is 0.456. The molecular weight excluding hydrogens is 428 g/mol. The summed E-state index contributed by atoms with van der Waals surface area (Å²) >= 11 is 7.28. The molecule has 0 radical (unpaired) electrons. The number of thioether (sulfide) groups is 1. The predicted molar refractivity (Wildman–Crippen MR) is 113 cm³/mol. The molecule has 4 rings (SSSR count). The lowest BCUT2D eigenvalue weighted by Gasteiger charge is -2.24. The van der Waals surface area contributed by atoms with Gasteiger partial charge < -0.3 is 16.0 Å². The van der Waals surface area contributed by atoms with Gasteiger partial charge in [0.05, 0.1) is 10.9 Å². The molecule has 2 fully saturated rings. The number of imide groups is 1. The first kappa shape index (κ1) is 21.0. The summed E-state index contributed by atoms with van der Waals surface area (Å²) in [4.78, 5) is 51.4. The standard InChI is InChI=1S/C20H23ClN4O4S/c21-12-4-5-14-13(10-12)23-17(27)15(30-14)11-16(26)22-8-3-9-25-18(28)20(24-19(25)29)6-1-2-7-20/h4-5,10,15H,1-3,6-9,11H2,(H,22,26)(H,23,27)(H,24,29)/t15-/m1/s1. The van der Waals surface area contributed by atoms with Crippen LogP contribution in [0.5, 0.6) is 0 Å². The average molecular weight is 451 g/mol. The molecular formula is C20H23ClN4O4S. The van der Waals surface area contributed by atoms with Crippen molar-refractivity contribution in [2.24, 2.45) is 0 Å². The summed E-state index contributed by atoms with van der Waals surface area (Å²) in [6.07, 6.45) is 3.79.